The van der Waals surface area contributed by atoms with E-state index in [9.17, 15) is 0 Å². The summed E-state index contributed by atoms with van der Waals surface area (Å²) in [6.07, 6.45) is 2.54. The summed E-state index contributed by atoms with van der Waals surface area (Å²) in [5, 5.41) is 4.40. The molecule has 0 saturated carbocycles. The van der Waals surface area contributed by atoms with Crippen LogP contribution in [0, 0.1) is 12.8 Å². The van der Waals surface area contributed by atoms with E-state index in [1.807, 2.05) is 18.7 Å². The Labute approximate surface area is 104 Å². The largest absolute Gasteiger partial charge is 0.328 e. The molecule has 4 heteroatoms. The number of likely N-dealkylation sites (tertiary alicyclic amines) is 1. The third kappa shape index (κ3) is 3.07. The average molecular weight is 236 g/mol. The molecule has 0 radical (unpaired) electrons. The first kappa shape index (κ1) is 12.6. The van der Waals surface area contributed by atoms with Gasteiger partial charge in [0.25, 0.3) is 0 Å². The van der Waals surface area contributed by atoms with Crippen molar-refractivity contribution in [2.45, 2.75) is 39.3 Å². The Kier molecular flexibility index (Phi) is 3.84. The SMILES string of the molecule is Cc1cc(CN2CCCC(C(C)N)C2)n(C)n1. The van der Waals surface area contributed by atoms with E-state index < -0.39 is 0 Å². The van der Waals surface area contributed by atoms with E-state index in [2.05, 4.69) is 23.0 Å². The summed E-state index contributed by atoms with van der Waals surface area (Å²) >= 11 is 0. The normalized spacial score (nSPS) is 23.9. The lowest BCUT2D eigenvalue weighted by atomic mass is 9.92. The third-order valence-electron chi connectivity index (χ3n) is 3.77. The van der Waals surface area contributed by atoms with Crippen LogP contribution < -0.4 is 5.73 Å². The molecule has 1 aliphatic rings. The highest BCUT2D eigenvalue weighted by Crippen LogP contribution is 2.20. The van der Waals surface area contributed by atoms with Crippen LogP contribution in [0.1, 0.15) is 31.2 Å². The van der Waals surface area contributed by atoms with Crippen LogP contribution in [0.4, 0.5) is 0 Å². The van der Waals surface area contributed by atoms with Gasteiger partial charge in [0.1, 0.15) is 0 Å². The van der Waals surface area contributed by atoms with Crippen LogP contribution in [-0.2, 0) is 13.6 Å². The Balaban J connectivity index is 1.97. The zero-order valence-electron chi connectivity index (χ0n) is 11.2. The average Bonchev–Trinajstić information content (AvgIpc) is 2.58. The third-order valence-corrected chi connectivity index (χ3v) is 3.77. The second-order valence-corrected chi connectivity index (χ2v) is 5.40. The van der Waals surface area contributed by atoms with Gasteiger partial charge in [-0.25, -0.2) is 0 Å². The minimum absolute atomic E-state index is 0.311. The lowest BCUT2D eigenvalue weighted by Gasteiger charge is -2.34. The summed E-state index contributed by atoms with van der Waals surface area (Å²) in [6.45, 7) is 7.49. The maximum atomic E-state index is 6.01. The number of piperidine rings is 1. The van der Waals surface area contributed by atoms with Gasteiger partial charge >= 0.3 is 0 Å². The number of rotatable bonds is 3. The summed E-state index contributed by atoms with van der Waals surface area (Å²) in [5.74, 6) is 0.651. The summed E-state index contributed by atoms with van der Waals surface area (Å²) in [5.41, 5.74) is 8.41. The van der Waals surface area contributed by atoms with Crippen molar-refractivity contribution >= 4 is 0 Å². The van der Waals surface area contributed by atoms with Crippen molar-refractivity contribution in [1.29, 1.82) is 0 Å². The van der Waals surface area contributed by atoms with Gasteiger partial charge in [0, 0.05) is 26.2 Å². The Morgan fingerprint density at radius 3 is 2.94 bits per heavy atom. The molecular weight excluding hydrogens is 212 g/mol. The molecule has 2 heterocycles. The van der Waals surface area contributed by atoms with E-state index in [0.29, 0.717) is 12.0 Å². The fraction of sp³-hybridized carbons (Fsp3) is 0.769. The molecule has 0 bridgehead atoms. The number of hydrogen-bond donors (Lipinski definition) is 1. The Morgan fingerprint density at radius 2 is 2.35 bits per heavy atom. The first-order chi connectivity index (χ1) is 8.06. The molecule has 2 N–H and O–H groups in total. The van der Waals surface area contributed by atoms with Gasteiger partial charge in [-0.15, -0.1) is 0 Å². The molecule has 2 rings (SSSR count). The molecule has 0 aromatic carbocycles. The Hall–Kier alpha value is -0.870. The topological polar surface area (TPSA) is 47.1 Å². The summed E-state index contributed by atoms with van der Waals surface area (Å²) in [4.78, 5) is 2.51. The van der Waals surface area contributed by atoms with Crippen molar-refractivity contribution in [2.75, 3.05) is 13.1 Å². The zero-order chi connectivity index (χ0) is 12.4. The van der Waals surface area contributed by atoms with Crippen molar-refractivity contribution in [3.63, 3.8) is 0 Å². The van der Waals surface area contributed by atoms with Gasteiger partial charge in [0.05, 0.1) is 11.4 Å². The monoisotopic (exact) mass is 236 g/mol. The quantitative estimate of drug-likeness (QED) is 0.860. The molecule has 1 aromatic rings. The van der Waals surface area contributed by atoms with Crippen molar-refractivity contribution in [2.24, 2.45) is 18.7 Å². The lowest BCUT2D eigenvalue weighted by molar-refractivity contribution is 0.151. The van der Waals surface area contributed by atoms with Gasteiger partial charge in [0.15, 0.2) is 0 Å². The second kappa shape index (κ2) is 5.19. The predicted molar refractivity (Wildman–Crippen MR) is 69.6 cm³/mol. The van der Waals surface area contributed by atoms with Crippen LogP contribution in [0.25, 0.3) is 0 Å². The van der Waals surface area contributed by atoms with Crippen molar-refractivity contribution in [1.82, 2.24) is 14.7 Å². The highest BCUT2D eigenvalue weighted by atomic mass is 15.3. The summed E-state index contributed by atoms with van der Waals surface area (Å²) in [6, 6.07) is 2.49. The highest BCUT2D eigenvalue weighted by molar-refractivity contribution is 5.08. The molecule has 96 valence electrons. The molecule has 1 fully saturated rings. The molecule has 17 heavy (non-hydrogen) atoms. The van der Waals surface area contributed by atoms with E-state index in [0.717, 1.165) is 18.8 Å². The van der Waals surface area contributed by atoms with Gasteiger partial charge in [0.2, 0.25) is 0 Å². The van der Waals surface area contributed by atoms with E-state index in [1.54, 1.807) is 0 Å². The molecule has 2 unspecified atom stereocenters. The van der Waals surface area contributed by atoms with Gasteiger partial charge in [-0.05, 0) is 45.2 Å². The van der Waals surface area contributed by atoms with Crippen LogP contribution in [0.2, 0.25) is 0 Å². The molecule has 0 spiro atoms. The maximum Gasteiger partial charge on any atom is 0.0597 e. The Morgan fingerprint density at radius 1 is 1.59 bits per heavy atom. The number of aryl methyl sites for hydroxylation is 2. The minimum Gasteiger partial charge on any atom is -0.328 e. The maximum absolute atomic E-state index is 6.01. The summed E-state index contributed by atoms with van der Waals surface area (Å²) < 4.78 is 1.99. The van der Waals surface area contributed by atoms with Gasteiger partial charge < -0.3 is 5.73 Å². The van der Waals surface area contributed by atoms with Crippen LogP contribution in [0.5, 0.6) is 0 Å². The van der Waals surface area contributed by atoms with Crippen LogP contribution >= 0.6 is 0 Å². The second-order valence-electron chi connectivity index (χ2n) is 5.40. The number of nitrogens with two attached hydrogens (primary N) is 1. The first-order valence-corrected chi connectivity index (χ1v) is 6.53. The molecule has 1 aromatic heterocycles. The summed E-state index contributed by atoms with van der Waals surface area (Å²) in [7, 11) is 2.02. The first-order valence-electron chi connectivity index (χ1n) is 6.53. The van der Waals surface area contributed by atoms with Gasteiger partial charge in [-0.3, -0.25) is 9.58 Å². The number of hydrogen-bond acceptors (Lipinski definition) is 3. The van der Waals surface area contributed by atoms with E-state index in [-0.39, 0.29) is 0 Å². The molecular formula is C13H24N4. The van der Waals surface area contributed by atoms with E-state index >= 15 is 0 Å². The predicted octanol–water partition coefficient (Wildman–Crippen LogP) is 1.29. The number of aromatic nitrogens is 2. The van der Waals surface area contributed by atoms with Crippen LogP contribution in [0.15, 0.2) is 6.07 Å². The van der Waals surface area contributed by atoms with E-state index in [4.69, 9.17) is 5.73 Å². The van der Waals surface area contributed by atoms with Crippen LogP contribution in [-0.4, -0.2) is 33.8 Å². The molecule has 1 saturated heterocycles. The lowest BCUT2D eigenvalue weighted by Crippen LogP contribution is -2.42. The van der Waals surface area contributed by atoms with E-state index in [1.165, 1.54) is 25.1 Å². The minimum atomic E-state index is 0.311. The number of nitrogens with zero attached hydrogens (tertiary/aromatic N) is 3. The molecule has 2 atom stereocenters. The standard InChI is InChI=1S/C13H24N4/c1-10-7-13(16(3)15-10)9-17-6-4-5-12(8-17)11(2)14/h7,11-12H,4-6,8-9,14H2,1-3H3. The molecule has 4 nitrogen and oxygen atoms in total. The highest BCUT2D eigenvalue weighted by Gasteiger charge is 2.23. The van der Waals surface area contributed by atoms with Crippen molar-refractivity contribution < 1.29 is 0 Å². The van der Waals surface area contributed by atoms with Gasteiger partial charge in [-0.2, -0.15) is 5.10 Å². The fourth-order valence-electron chi connectivity index (χ4n) is 2.71. The van der Waals surface area contributed by atoms with Crippen molar-refractivity contribution in [3.05, 3.63) is 17.5 Å². The Bertz CT molecular complexity index is 369. The van der Waals surface area contributed by atoms with Crippen LogP contribution in [0.3, 0.4) is 0 Å². The molecule has 0 amide bonds. The molecule has 1 aliphatic heterocycles. The smallest absolute Gasteiger partial charge is 0.0597 e. The molecule has 0 aliphatic carbocycles. The van der Waals surface area contributed by atoms with Gasteiger partial charge in [-0.1, -0.05) is 0 Å². The zero-order valence-corrected chi connectivity index (χ0v) is 11.2. The van der Waals surface area contributed by atoms with Crippen molar-refractivity contribution in [3.8, 4) is 0 Å². The fourth-order valence-corrected chi connectivity index (χ4v) is 2.71.